The predicted molar refractivity (Wildman–Crippen MR) is 116 cm³/mol. The van der Waals surface area contributed by atoms with Crippen molar-refractivity contribution in [3.63, 3.8) is 0 Å². The first-order valence-corrected chi connectivity index (χ1v) is 11.1. The molecular formula is C23H26F3N5O2. The van der Waals surface area contributed by atoms with Crippen LogP contribution < -0.4 is 10.2 Å². The van der Waals surface area contributed by atoms with Gasteiger partial charge in [0, 0.05) is 44.5 Å². The summed E-state index contributed by atoms with van der Waals surface area (Å²) in [4.78, 5) is 37.0. The van der Waals surface area contributed by atoms with Crippen molar-refractivity contribution in [3.8, 4) is 0 Å². The largest absolute Gasteiger partial charge is 0.419 e. The van der Waals surface area contributed by atoms with Gasteiger partial charge >= 0.3 is 6.18 Å². The molecule has 4 heterocycles. The molecule has 1 N–H and O–H groups in total. The van der Waals surface area contributed by atoms with Gasteiger partial charge in [-0.05, 0) is 49.9 Å². The smallest absolute Gasteiger partial charge is 0.355 e. The lowest BCUT2D eigenvalue weighted by molar-refractivity contribution is -0.138. The topological polar surface area (TPSA) is 78.4 Å². The summed E-state index contributed by atoms with van der Waals surface area (Å²) in [7, 11) is 0. The Bertz CT molecular complexity index is 978. The first-order chi connectivity index (χ1) is 15.8. The molecule has 0 aromatic carbocycles. The molecule has 7 nitrogen and oxygen atoms in total. The molecule has 2 aliphatic heterocycles. The van der Waals surface area contributed by atoms with Crippen molar-refractivity contribution in [2.75, 3.05) is 36.4 Å². The average molecular weight is 461 g/mol. The van der Waals surface area contributed by atoms with Crippen LogP contribution in [0.15, 0.2) is 42.7 Å². The third-order valence-corrected chi connectivity index (χ3v) is 6.26. The highest BCUT2D eigenvalue weighted by atomic mass is 19.4. The molecule has 0 saturated carbocycles. The highest BCUT2D eigenvalue weighted by Crippen LogP contribution is 2.36. The van der Waals surface area contributed by atoms with Crippen LogP contribution in [0.2, 0.25) is 0 Å². The summed E-state index contributed by atoms with van der Waals surface area (Å²) in [5.41, 5.74) is -0.780. The fourth-order valence-corrected chi connectivity index (χ4v) is 4.53. The van der Waals surface area contributed by atoms with E-state index in [-0.39, 0.29) is 36.0 Å². The Morgan fingerprint density at radius 3 is 2.39 bits per heavy atom. The number of nitrogens with zero attached hydrogens (tertiary/aromatic N) is 4. The maximum Gasteiger partial charge on any atom is 0.419 e. The van der Waals surface area contributed by atoms with Crippen molar-refractivity contribution in [2.24, 2.45) is 11.8 Å². The fourth-order valence-electron chi connectivity index (χ4n) is 4.53. The van der Waals surface area contributed by atoms with Gasteiger partial charge in [0.1, 0.15) is 11.6 Å². The Kier molecular flexibility index (Phi) is 6.80. The molecule has 0 radical (unpaired) electrons. The van der Waals surface area contributed by atoms with Crippen molar-refractivity contribution in [3.05, 3.63) is 48.3 Å². The monoisotopic (exact) mass is 461 g/mol. The number of piperidine rings is 2. The molecule has 2 aliphatic rings. The van der Waals surface area contributed by atoms with E-state index in [0.717, 1.165) is 6.07 Å². The average Bonchev–Trinajstić information content (AvgIpc) is 2.84. The summed E-state index contributed by atoms with van der Waals surface area (Å²) in [5, 5.41) is 2.80. The van der Waals surface area contributed by atoms with Crippen molar-refractivity contribution < 1.29 is 22.8 Å². The zero-order valence-corrected chi connectivity index (χ0v) is 18.1. The van der Waals surface area contributed by atoms with Crippen LogP contribution in [0.3, 0.4) is 0 Å². The Morgan fingerprint density at radius 1 is 0.939 bits per heavy atom. The summed E-state index contributed by atoms with van der Waals surface area (Å²) >= 11 is 0. The second-order valence-electron chi connectivity index (χ2n) is 8.46. The van der Waals surface area contributed by atoms with Gasteiger partial charge in [0.15, 0.2) is 0 Å². The second kappa shape index (κ2) is 9.76. The quantitative estimate of drug-likeness (QED) is 0.753. The van der Waals surface area contributed by atoms with Crippen LogP contribution in [-0.4, -0.2) is 52.9 Å². The minimum Gasteiger partial charge on any atom is -0.355 e. The number of carbonyl (C=O) groups is 2. The van der Waals surface area contributed by atoms with Gasteiger partial charge in [-0.3, -0.25) is 9.59 Å². The number of nitrogens with one attached hydrogen (secondary N) is 1. The zero-order valence-electron chi connectivity index (χ0n) is 18.1. The Balaban J connectivity index is 1.34. The van der Waals surface area contributed by atoms with Gasteiger partial charge < -0.3 is 15.1 Å². The summed E-state index contributed by atoms with van der Waals surface area (Å²) in [5.74, 6) is -0.391. The number of halogens is 3. The Hall–Kier alpha value is -3.17. The number of carbonyl (C=O) groups excluding carboxylic acids is 2. The molecule has 1 atom stereocenters. The number of likely N-dealkylation sites (tertiary alicyclic amines) is 1. The number of amides is 2. The van der Waals surface area contributed by atoms with Gasteiger partial charge in [-0.15, -0.1) is 0 Å². The first kappa shape index (κ1) is 23.0. The van der Waals surface area contributed by atoms with E-state index < -0.39 is 11.7 Å². The normalized spacial score (nSPS) is 19.9. The molecule has 2 amide bonds. The molecular weight excluding hydrogens is 435 g/mol. The van der Waals surface area contributed by atoms with E-state index in [1.54, 1.807) is 34.2 Å². The standard InChI is InChI=1S/C23H26F3N5O2/c24-23(25,26)18-6-3-11-28-20(18)31-12-4-5-17(15-31)22(33)30-13-8-16(9-14-30)21(32)29-19-7-1-2-10-27-19/h1-3,6-7,10-11,16-17H,4-5,8-9,12-15H2,(H,27,29,32). The van der Waals surface area contributed by atoms with Crippen LogP contribution in [0.5, 0.6) is 0 Å². The van der Waals surface area contributed by atoms with E-state index >= 15 is 0 Å². The third-order valence-electron chi connectivity index (χ3n) is 6.26. The highest BCUT2D eigenvalue weighted by molar-refractivity contribution is 5.92. The second-order valence-corrected chi connectivity index (χ2v) is 8.46. The molecule has 10 heteroatoms. The predicted octanol–water partition coefficient (Wildman–Crippen LogP) is 3.59. The lowest BCUT2D eigenvalue weighted by Gasteiger charge is -2.38. The molecule has 2 fully saturated rings. The van der Waals surface area contributed by atoms with Crippen molar-refractivity contribution in [1.82, 2.24) is 14.9 Å². The van der Waals surface area contributed by atoms with Crippen LogP contribution in [0.4, 0.5) is 24.8 Å². The number of hydrogen-bond donors (Lipinski definition) is 1. The molecule has 176 valence electrons. The van der Waals surface area contributed by atoms with Gasteiger partial charge in [-0.25, -0.2) is 9.97 Å². The molecule has 1 unspecified atom stereocenters. The molecule has 2 aromatic heterocycles. The van der Waals surface area contributed by atoms with Crippen LogP contribution in [0.1, 0.15) is 31.2 Å². The summed E-state index contributed by atoms with van der Waals surface area (Å²) < 4.78 is 40.2. The summed E-state index contributed by atoms with van der Waals surface area (Å²) in [6.45, 7) is 1.54. The lowest BCUT2D eigenvalue weighted by atomic mass is 9.92. The highest BCUT2D eigenvalue weighted by Gasteiger charge is 2.38. The molecule has 2 aromatic rings. The minimum absolute atomic E-state index is 0.0622. The van der Waals surface area contributed by atoms with Gasteiger partial charge in [-0.1, -0.05) is 6.07 Å². The van der Waals surface area contributed by atoms with Crippen LogP contribution in [0.25, 0.3) is 0 Å². The van der Waals surface area contributed by atoms with Gasteiger partial charge in [-0.2, -0.15) is 13.2 Å². The fraction of sp³-hybridized carbons (Fsp3) is 0.478. The number of aromatic nitrogens is 2. The van der Waals surface area contributed by atoms with Crippen molar-refractivity contribution in [2.45, 2.75) is 31.9 Å². The van der Waals surface area contributed by atoms with Crippen molar-refractivity contribution in [1.29, 1.82) is 0 Å². The van der Waals surface area contributed by atoms with E-state index in [4.69, 9.17) is 0 Å². The molecule has 2 saturated heterocycles. The number of hydrogen-bond acceptors (Lipinski definition) is 5. The van der Waals surface area contributed by atoms with E-state index in [2.05, 4.69) is 15.3 Å². The zero-order chi connectivity index (χ0) is 23.4. The van der Waals surface area contributed by atoms with Crippen LogP contribution in [0, 0.1) is 11.8 Å². The van der Waals surface area contributed by atoms with E-state index in [0.29, 0.717) is 51.1 Å². The molecule has 33 heavy (non-hydrogen) atoms. The number of rotatable bonds is 4. The molecule has 0 bridgehead atoms. The molecule has 4 rings (SSSR count). The number of alkyl halides is 3. The van der Waals surface area contributed by atoms with Gasteiger partial charge in [0.25, 0.3) is 0 Å². The van der Waals surface area contributed by atoms with E-state index in [1.807, 2.05) is 0 Å². The Labute approximate surface area is 190 Å². The summed E-state index contributed by atoms with van der Waals surface area (Å²) in [6, 6.07) is 7.57. The van der Waals surface area contributed by atoms with E-state index in [9.17, 15) is 22.8 Å². The number of pyridine rings is 2. The van der Waals surface area contributed by atoms with Crippen LogP contribution in [-0.2, 0) is 15.8 Å². The number of anilines is 2. The maximum absolute atomic E-state index is 13.4. The minimum atomic E-state index is -4.50. The SMILES string of the molecule is O=C(Nc1ccccn1)C1CCN(C(=O)C2CCCN(c3ncccc3C(F)(F)F)C2)CC1. The van der Waals surface area contributed by atoms with Crippen molar-refractivity contribution >= 4 is 23.5 Å². The van der Waals surface area contributed by atoms with Gasteiger partial charge in [0.05, 0.1) is 11.5 Å². The van der Waals surface area contributed by atoms with Gasteiger partial charge in [0.2, 0.25) is 11.8 Å². The molecule has 0 spiro atoms. The third kappa shape index (κ3) is 5.43. The maximum atomic E-state index is 13.4. The Morgan fingerprint density at radius 2 is 1.70 bits per heavy atom. The lowest BCUT2D eigenvalue weighted by Crippen LogP contribution is -2.48. The summed E-state index contributed by atoms with van der Waals surface area (Å²) in [6.07, 6.45) is 0.775. The van der Waals surface area contributed by atoms with E-state index in [1.165, 1.54) is 12.3 Å². The molecule has 0 aliphatic carbocycles. The van der Waals surface area contributed by atoms with Crippen LogP contribution >= 0.6 is 0 Å². The first-order valence-electron chi connectivity index (χ1n) is 11.1.